The molecule has 1 atom stereocenters. The fourth-order valence-corrected chi connectivity index (χ4v) is 4.21. The predicted octanol–water partition coefficient (Wildman–Crippen LogP) is 3.63. The van der Waals surface area contributed by atoms with E-state index in [-0.39, 0.29) is 32.1 Å². The number of nitrogens with zero attached hydrogens (tertiary/aromatic N) is 4. The molecule has 0 radical (unpaired) electrons. The van der Waals surface area contributed by atoms with Crippen LogP contribution in [-0.2, 0) is 22.7 Å². The Morgan fingerprint density at radius 3 is 2.64 bits per heavy atom. The highest BCUT2D eigenvalue weighted by atomic mass is 16.5. The highest BCUT2D eigenvalue weighted by molar-refractivity contribution is 5.80. The average molecular weight is 489 g/mol. The number of hydrogen-bond donors (Lipinski definition) is 1. The number of carboxylic acids is 1. The van der Waals surface area contributed by atoms with Crippen LogP contribution in [0.5, 0.6) is 5.75 Å². The zero-order valence-corrected chi connectivity index (χ0v) is 20.1. The van der Waals surface area contributed by atoms with E-state index in [0.29, 0.717) is 36.1 Å². The van der Waals surface area contributed by atoms with Gasteiger partial charge in [-0.1, -0.05) is 30.3 Å². The quantitative estimate of drug-likeness (QED) is 0.459. The molecular formula is C27H28N4O5. The number of aliphatic carboxylic acids is 1. The lowest BCUT2D eigenvalue weighted by Crippen LogP contribution is -2.43. The number of nitriles is 1. The summed E-state index contributed by atoms with van der Waals surface area (Å²) >= 11 is 0. The van der Waals surface area contributed by atoms with E-state index in [1.807, 2.05) is 49.4 Å². The van der Waals surface area contributed by atoms with Gasteiger partial charge >= 0.3 is 5.97 Å². The molecule has 36 heavy (non-hydrogen) atoms. The lowest BCUT2D eigenvalue weighted by atomic mass is 10.2. The van der Waals surface area contributed by atoms with Crippen molar-refractivity contribution in [2.45, 2.75) is 39.0 Å². The highest BCUT2D eigenvalue weighted by Crippen LogP contribution is 2.23. The molecule has 0 spiro atoms. The monoisotopic (exact) mass is 488 g/mol. The van der Waals surface area contributed by atoms with Crippen LogP contribution in [-0.4, -0.2) is 57.4 Å². The summed E-state index contributed by atoms with van der Waals surface area (Å²) in [6.07, 6.45) is 1.44. The van der Waals surface area contributed by atoms with Crippen LogP contribution in [0, 0.1) is 18.3 Å². The summed E-state index contributed by atoms with van der Waals surface area (Å²) in [5, 5.41) is 18.5. The molecule has 0 aliphatic carbocycles. The third-order valence-electron chi connectivity index (χ3n) is 6.06. The number of carbonyl (C=O) groups excluding carboxylic acids is 1. The van der Waals surface area contributed by atoms with Crippen molar-refractivity contribution in [2.24, 2.45) is 0 Å². The van der Waals surface area contributed by atoms with Gasteiger partial charge in [0, 0.05) is 18.7 Å². The van der Waals surface area contributed by atoms with Crippen LogP contribution < -0.4 is 4.74 Å². The Bertz CT molecular complexity index is 1230. The molecule has 1 aliphatic rings. The number of carbonyl (C=O) groups is 2. The number of hydrogen-bond acceptors (Lipinski definition) is 7. The van der Waals surface area contributed by atoms with Gasteiger partial charge in [-0.15, -0.1) is 0 Å². The van der Waals surface area contributed by atoms with Crippen molar-refractivity contribution in [2.75, 3.05) is 19.6 Å². The summed E-state index contributed by atoms with van der Waals surface area (Å²) in [5.74, 6) is 0.635. The predicted molar refractivity (Wildman–Crippen MR) is 131 cm³/mol. The Morgan fingerprint density at radius 2 is 1.94 bits per heavy atom. The van der Waals surface area contributed by atoms with E-state index in [4.69, 9.17) is 9.15 Å². The van der Waals surface area contributed by atoms with Crippen LogP contribution in [0.4, 0.5) is 0 Å². The smallest absolute Gasteiger partial charge is 0.317 e. The van der Waals surface area contributed by atoms with E-state index in [1.54, 1.807) is 21.9 Å². The molecule has 9 nitrogen and oxygen atoms in total. The van der Waals surface area contributed by atoms with Crippen molar-refractivity contribution in [3.05, 3.63) is 71.6 Å². The van der Waals surface area contributed by atoms with Crippen molar-refractivity contribution in [3.63, 3.8) is 0 Å². The molecule has 3 aromatic rings. The molecule has 9 heteroatoms. The molecule has 1 N–H and O–H groups in total. The van der Waals surface area contributed by atoms with E-state index >= 15 is 0 Å². The minimum Gasteiger partial charge on any atom is -0.487 e. The first-order valence-corrected chi connectivity index (χ1v) is 11.8. The second-order valence-electron chi connectivity index (χ2n) is 8.73. The van der Waals surface area contributed by atoms with Gasteiger partial charge < -0.3 is 19.2 Å². The number of carboxylic acid groups (broad SMARTS) is 1. The molecule has 186 valence electrons. The van der Waals surface area contributed by atoms with Crippen LogP contribution in [0.15, 0.2) is 59.0 Å². The number of ether oxygens (including phenoxy) is 1. The molecule has 1 fully saturated rings. The van der Waals surface area contributed by atoms with Gasteiger partial charge in [0.15, 0.2) is 0 Å². The second kappa shape index (κ2) is 11.5. The van der Waals surface area contributed by atoms with Crippen molar-refractivity contribution >= 4 is 11.9 Å². The van der Waals surface area contributed by atoms with Crippen LogP contribution >= 0.6 is 0 Å². The first kappa shape index (κ1) is 24.9. The number of aryl methyl sites for hydroxylation is 1. The zero-order valence-electron chi connectivity index (χ0n) is 20.1. The maximum Gasteiger partial charge on any atom is 0.317 e. The van der Waals surface area contributed by atoms with Crippen LogP contribution in [0.25, 0.3) is 11.5 Å². The number of rotatable bonds is 10. The molecule has 0 bridgehead atoms. The topological polar surface area (TPSA) is 120 Å². The van der Waals surface area contributed by atoms with E-state index in [9.17, 15) is 20.0 Å². The highest BCUT2D eigenvalue weighted by Gasteiger charge is 2.29. The second-order valence-corrected chi connectivity index (χ2v) is 8.73. The number of benzene rings is 2. The molecular weight excluding hydrogens is 460 g/mol. The van der Waals surface area contributed by atoms with E-state index in [1.165, 1.54) is 0 Å². The fraction of sp³-hybridized carbons (Fsp3) is 0.333. The van der Waals surface area contributed by atoms with Gasteiger partial charge in [-0.3, -0.25) is 14.5 Å². The molecule has 4 rings (SSSR count). The summed E-state index contributed by atoms with van der Waals surface area (Å²) in [7, 11) is 0. The van der Waals surface area contributed by atoms with Crippen molar-refractivity contribution < 1.29 is 23.8 Å². The Hall–Kier alpha value is -4.16. The SMILES string of the molecule is Cc1oc(-c2ccccc2)nc1COc1ccc(CN(CC(=O)O)CC(=O)N2CCC[C@H]2C#N)cc1. The molecule has 1 amide bonds. The number of aromatic nitrogens is 1. The molecule has 0 unspecified atom stereocenters. The first-order valence-electron chi connectivity index (χ1n) is 11.8. The van der Waals surface area contributed by atoms with Gasteiger partial charge in [0.25, 0.3) is 0 Å². The number of amides is 1. The van der Waals surface area contributed by atoms with Crippen molar-refractivity contribution in [1.82, 2.24) is 14.8 Å². The fourth-order valence-electron chi connectivity index (χ4n) is 4.21. The molecule has 1 aromatic heterocycles. The van der Waals surface area contributed by atoms with Gasteiger partial charge in [-0.05, 0) is 49.6 Å². The summed E-state index contributed by atoms with van der Waals surface area (Å²) in [4.78, 5) is 31.7. The Balaban J connectivity index is 1.35. The Morgan fingerprint density at radius 1 is 1.19 bits per heavy atom. The van der Waals surface area contributed by atoms with Crippen LogP contribution in [0.3, 0.4) is 0 Å². The summed E-state index contributed by atoms with van der Waals surface area (Å²) in [5.41, 5.74) is 2.45. The van der Waals surface area contributed by atoms with Gasteiger partial charge in [0.2, 0.25) is 11.8 Å². The average Bonchev–Trinajstić information content (AvgIpc) is 3.50. The van der Waals surface area contributed by atoms with E-state index in [2.05, 4.69) is 11.1 Å². The number of likely N-dealkylation sites (tertiary alicyclic amines) is 1. The van der Waals surface area contributed by atoms with E-state index < -0.39 is 12.0 Å². The lowest BCUT2D eigenvalue weighted by molar-refractivity contribution is -0.140. The third kappa shape index (κ3) is 6.29. The largest absolute Gasteiger partial charge is 0.487 e. The molecule has 2 aromatic carbocycles. The molecule has 2 heterocycles. The van der Waals surface area contributed by atoms with Crippen LogP contribution in [0.2, 0.25) is 0 Å². The molecule has 0 saturated carbocycles. The lowest BCUT2D eigenvalue weighted by Gasteiger charge is -2.25. The molecule has 1 aliphatic heterocycles. The number of oxazole rings is 1. The third-order valence-corrected chi connectivity index (χ3v) is 6.06. The maximum absolute atomic E-state index is 12.7. The summed E-state index contributed by atoms with van der Waals surface area (Å²) in [6.45, 7) is 2.58. The van der Waals surface area contributed by atoms with E-state index in [0.717, 1.165) is 17.5 Å². The maximum atomic E-state index is 12.7. The van der Waals surface area contributed by atoms with Gasteiger partial charge in [0.05, 0.1) is 19.2 Å². The minimum absolute atomic E-state index is 0.0576. The standard InChI is InChI=1S/C27H28N4O5/c1-19-24(29-27(36-19)21-6-3-2-4-7-21)18-35-23-11-9-20(10-12-23)15-30(17-26(33)34)16-25(32)31-13-5-8-22(31)14-28/h2-4,6-7,9-12,22H,5,8,13,15-18H2,1H3,(H,33,34)/t22-/m0/s1. The van der Waals surface area contributed by atoms with Crippen molar-refractivity contribution in [1.29, 1.82) is 5.26 Å². The van der Waals surface area contributed by atoms with Crippen molar-refractivity contribution in [3.8, 4) is 23.3 Å². The van der Waals surface area contributed by atoms with Crippen LogP contribution in [0.1, 0.15) is 29.9 Å². The summed E-state index contributed by atoms with van der Waals surface area (Å²) < 4.78 is 11.7. The Labute approximate surface area is 209 Å². The zero-order chi connectivity index (χ0) is 25.5. The molecule has 1 saturated heterocycles. The first-order chi connectivity index (χ1) is 17.4. The summed E-state index contributed by atoms with van der Waals surface area (Å²) in [6, 6.07) is 18.7. The Kier molecular flexibility index (Phi) is 7.98. The van der Waals surface area contributed by atoms with Gasteiger partial charge in [-0.2, -0.15) is 5.26 Å². The minimum atomic E-state index is -1.01. The van der Waals surface area contributed by atoms with Gasteiger partial charge in [0.1, 0.15) is 29.9 Å². The normalized spacial score (nSPS) is 15.1. The van der Waals surface area contributed by atoms with Gasteiger partial charge in [-0.25, -0.2) is 4.98 Å².